The first-order chi connectivity index (χ1) is 11.3. The van der Waals surface area contributed by atoms with Crippen LogP contribution in [0.15, 0.2) is 42.5 Å². The molecule has 2 heterocycles. The van der Waals surface area contributed by atoms with Gasteiger partial charge < -0.3 is 19.5 Å². The first-order valence-corrected chi connectivity index (χ1v) is 8.22. The van der Waals surface area contributed by atoms with Crippen LogP contribution in [-0.2, 0) is 6.42 Å². The summed E-state index contributed by atoms with van der Waals surface area (Å²) in [6, 6.07) is 14.2. The Balaban J connectivity index is 1.42. The molecule has 4 heteroatoms. The van der Waals surface area contributed by atoms with Gasteiger partial charge in [-0.15, -0.1) is 0 Å². The Morgan fingerprint density at radius 3 is 2.78 bits per heavy atom. The summed E-state index contributed by atoms with van der Waals surface area (Å²) in [7, 11) is 0. The fourth-order valence-corrected chi connectivity index (χ4v) is 3.35. The van der Waals surface area contributed by atoms with Gasteiger partial charge >= 0.3 is 0 Å². The van der Waals surface area contributed by atoms with Gasteiger partial charge in [0.1, 0.15) is 13.2 Å². The standard InChI is InChI=1S/C19H21NO3/c21-17(15-5-6-18-19(13-15)23-12-11-22-18)8-10-20-9-7-14-3-1-2-4-16(14)20/h1-6,13,17,21H,7-12H2. The van der Waals surface area contributed by atoms with Gasteiger partial charge in [-0.05, 0) is 42.2 Å². The number of para-hydroxylation sites is 1. The van der Waals surface area contributed by atoms with E-state index in [0.29, 0.717) is 19.6 Å². The van der Waals surface area contributed by atoms with Crippen LogP contribution in [0.1, 0.15) is 23.7 Å². The summed E-state index contributed by atoms with van der Waals surface area (Å²) >= 11 is 0. The molecule has 0 amide bonds. The molecule has 23 heavy (non-hydrogen) atoms. The molecule has 0 spiro atoms. The number of anilines is 1. The van der Waals surface area contributed by atoms with Crippen LogP contribution in [0.2, 0.25) is 0 Å². The molecule has 0 radical (unpaired) electrons. The number of nitrogens with zero attached hydrogens (tertiary/aromatic N) is 1. The second kappa shape index (κ2) is 6.13. The largest absolute Gasteiger partial charge is 0.486 e. The number of hydrogen-bond donors (Lipinski definition) is 1. The smallest absolute Gasteiger partial charge is 0.161 e. The zero-order valence-electron chi connectivity index (χ0n) is 13.1. The molecule has 0 fully saturated rings. The van der Waals surface area contributed by atoms with Gasteiger partial charge in [0.15, 0.2) is 11.5 Å². The van der Waals surface area contributed by atoms with E-state index < -0.39 is 6.10 Å². The lowest BCUT2D eigenvalue weighted by molar-refractivity contribution is 0.160. The molecule has 2 aliphatic heterocycles. The summed E-state index contributed by atoms with van der Waals surface area (Å²) in [5.41, 5.74) is 3.60. The highest BCUT2D eigenvalue weighted by Crippen LogP contribution is 2.34. The van der Waals surface area contributed by atoms with Gasteiger partial charge in [-0.1, -0.05) is 24.3 Å². The molecule has 0 bridgehead atoms. The molecule has 120 valence electrons. The van der Waals surface area contributed by atoms with E-state index in [-0.39, 0.29) is 0 Å². The van der Waals surface area contributed by atoms with Gasteiger partial charge in [0.25, 0.3) is 0 Å². The molecule has 4 nitrogen and oxygen atoms in total. The lowest BCUT2D eigenvalue weighted by Crippen LogP contribution is -2.23. The third-order valence-corrected chi connectivity index (χ3v) is 4.61. The van der Waals surface area contributed by atoms with Crippen molar-refractivity contribution in [2.45, 2.75) is 18.9 Å². The topological polar surface area (TPSA) is 41.9 Å². The van der Waals surface area contributed by atoms with Crippen LogP contribution in [0.3, 0.4) is 0 Å². The third kappa shape index (κ3) is 2.86. The Kier molecular flexibility index (Phi) is 3.83. The fraction of sp³-hybridized carbons (Fsp3) is 0.368. The Hall–Kier alpha value is -2.20. The maximum Gasteiger partial charge on any atom is 0.161 e. The number of aliphatic hydroxyl groups excluding tert-OH is 1. The summed E-state index contributed by atoms with van der Waals surface area (Å²) in [6.07, 6.45) is 1.31. The van der Waals surface area contributed by atoms with Gasteiger partial charge in [-0.25, -0.2) is 0 Å². The Bertz CT molecular complexity index is 701. The Morgan fingerprint density at radius 2 is 1.87 bits per heavy atom. The average Bonchev–Trinajstić information content (AvgIpc) is 3.02. The van der Waals surface area contributed by atoms with Crippen LogP contribution in [0, 0.1) is 0 Å². The molecule has 0 saturated carbocycles. The lowest BCUT2D eigenvalue weighted by Gasteiger charge is -2.23. The summed E-state index contributed by atoms with van der Waals surface area (Å²) in [6.45, 7) is 3.04. The van der Waals surface area contributed by atoms with Crippen molar-refractivity contribution in [3.8, 4) is 11.5 Å². The van der Waals surface area contributed by atoms with Crippen molar-refractivity contribution >= 4 is 5.69 Å². The monoisotopic (exact) mass is 311 g/mol. The summed E-state index contributed by atoms with van der Waals surface area (Å²) in [5, 5.41) is 10.5. The minimum absolute atomic E-state index is 0.487. The minimum Gasteiger partial charge on any atom is -0.486 e. The highest BCUT2D eigenvalue weighted by Gasteiger charge is 2.20. The number of fused-ring (bicyclic) bond motifs is 2. The van der Waals surface area contributed by atoms with Gasteiger partial charge in [0, 0.05) is 18.8 Å². The SMILES string of the molecule is OC(CCN1CCc2ccccc21)c1ccc2c(c1)OCCO2. The molecule has 0 aromatic heterocycles. The summed E-state index contributed by atoms with van der Waals surface area (Å²) in [4.78, 5) is 2.36. The normalized spacial score (nSPS) is 17.0. The number of hydrogen-bond acceptors (Lipinski definition) is 4. The summed E-state index contributed by atoms with van der Waals surface area (Å²) in [5.74, 6) is 1.50. The molecule has 1 atom stereocenters. The Morgan fingerprint density at radius 1 is 1.04 bits per heavy atom. The molecule has 4 rings (SSSR count). The van der Waals surface area contributed by atoms with E-state index in [9.17, 15) is 5.11 Å². The molecular weight excluding hydrogens is 290 g/mol. The van der Waals surface area contributed by atoms with E-state index in [1.165, 1.54) is 11.3 Å². The predicted octanol–water partition coefficient (Wildman–Crippen LogP) is 2.94. The Labute approximate surface area is 136 Å². The maximum absolute atomic E-state index is 10.5. The lowest BCUT2D eigenvalue weighted by atomic mass is 10.1. The summed E-state index contributed by atoms with van der Waals surface area (Å²) < 4.78 is 11.1. The van der Waals surface area contributed by atoms with Crippen LogP contribution in [0.5, 0.6) is 11.5 Å². The van der Waals surface area contributed by atoms with Gasteiger partial charge in [0.05, 0.1) is 6.10 Å². The molecular formula is C19H21NO3. The zero-order valence-corrected chi connectivity index (χ0v) is 13.1. The van der Waals surface area contributed by atoms with E-state index in [0.717, 1.165) is 36.6 Å². The van der Waals surface area contributed by atoms with E-state index in [1.54, 1.807) is 0 Å². The van der Waals surface area contributed by atoms with E-state index in [1.807, 2.05) is 18.2 Å². The minimum atomic E-state index is -0.487. The molecule has 1 N–H and O–H groups in total. The van der Waals surface area contributed by atoms with Crippen molar-refractivity contribution in [1.82, 2.24) is 0 Å². The van der Waals surface area contributed by atoms with Crippen molar-refractivity contribution in [3.05, 3.63) is 53.6 Å². The van der Waals surface area contributed by atoms with Crippen molar-refractivity contribution in [2.24, 2.45) is 0 Å². The van der Waals surface area contributed by atoms with Gasteiger partial charge in [0.2, 0.25) is 0 Å². The van der Waals surface area contributed by atoms with Crippen molar-refractivity contribution in [1.29, 1.82) is 0 Å². The van der Waals surface area contributed by atoms with Crippen molar-refractivity contribution < 1.29 is 14.6 Å². The number of rotatable bonds is 4. The molecule has 0 aliphatic carbocycles. The van der Waals surface area contributed by atoms with Crippen LogP contribution in [0.4, 0.5) is 5.69 Å². The maximum atomic E-state index is 10.5. The quantitative estimate of drug-likeness (QED) is 0.942. The highest BCUT2D eigenvalue weighted by molar-refractivity contribution is 5.57. The van der Waals surface area contributed by atoms with Crippen molar-refractivity contribution in [3.63, 3.8) is 0 Å². The molecule has 0 saturated heterocycles. The van der Waals surface area contributed by atoms with E-state index in [4.69, 9.17) is 9.47 Å². The van der Waals surface area contributed by atoms with Gasteiger partial charge in [-0.2, -0.15) is 0 Å². The number of ether oxygens (including phenoxy) is 2. The predicted molar refractivity (Wildman–Crippen MR) is 89.4 cm³/mol. The second-order valence-corrected chi connectivity index (χ2v) is 6.07. The van der Waals surface area contributed by atoms with E-state index >= 15 is 0 Å². The van der Waals surface area contributed by atoms with Gasteiger partial charge in [-0.3, -0.25) is 0 Å². The first-order valence-electron chi connectivity index (χ1n) is 8.22. The van der Waals surface area contributed by atoms with Crippen LogP contribution in [-0.4, -0.2) is 31.4 Å². The van der Waals surface area contributed by atoms with Crippen molar-refractivity contribution in [2.75, 3.05) is 31.2 Å². The fourth-order valence-electron chi connectivity index (χ4n) is 3.35. The van der Waals surface area contributed by atoms with E-state index in [2.05, 4.69) is 29.2 Å². The molecule has 2 aromatic carbocycles. The average molecular weight is 311 g/mol. The van der Waals surface area contributed by atoms with Crippen LogP contribution >= 0.6 is 0 Å². The zero-order chi connectivity index (χ0) is 15.6. The van der Waals surface area contributed by atoms with Crippen LogP contribution in [0.25, 0.3) is 0 Å². The third-order valence-electron chi connectivity index (χ3n) is 4.61. The second-order valence-electron chi connectivity index (χ2n) is 6.07. The number of benzene rings is 2. The highest BCUT2D eigenvalue weighted by atomic mass is 16.6. The molecule has 2 aliphatic rings. The molecule has 2 aromatic rings. The van der Waals surface area contributed by atoms with Crippen LogP contribution < -0.4 is 14.4 Å². The molecule has 1 unspecified atom stereocenters. The number of aliphatic hydroxyl groups is 1. The first kappa shape index (κ1) is 14.4.